The highest BCUT2D eigenvalue weighted by atomic mass is 35.5. The Hall–Kier alpha value is -1.30. The van der Waals surface area contributed by atoms with Crippen LogP contribution in [0.4, 0.5) is 0 Å². The van der Waals surface area contributed by atoms with Gasteiger partial charge in [-0.05, 0) is 60.8 Å². The minimum Gasteiger partial charge on any atom is -0.395 e. The van der Waals surface area contributed by atoms with Crippen molar-refractivity contribution in [3.63, 3.8) is 0 Å². The molecule has 2 atom stereocenters. The Bertz CT molecular complexity index is 814. The van der Waals surface area contributed by atoms with E-state index in [9.17, 15) is 4.79 Å². The first-order valence-corrected chi connectivity index (χ1v) is 9.46. The Morgan fingerprint density at radius 1 is 1.11 bits per heavy atom. The normalized spacial score (nSPS) is 18.4. The van der Waals surface area contributed by atoms with Crippen LogP contribution in [0, 0.1) is 0 Å². The van der Waals surface area contributed by atoms with Crippen molar-refractivity contribution < 1.29 is 9.90 Å². The molecule has 2 aromatic carbocycles. The molecule has 7 heteroatoms. The van der Waals surface area contributed by atoms with Crippen molar-refractivity contribution in [3.05, 3.63) is 68.7 Å². The van der Waals surface area contributed by atoms with E-state index in [0.717, 1.165) is 24.0 Å². The number of carbonyl (C=O) groups is 1. The summed E-state index contributed by atoms with van der Waals surface area (Å²) in [5, 5.41) is 16.1. The molecule has 1 aliphatic carbocycles. The van der Waals surface area contributed by atoms with E-state index < -0.39 is 0 Å². The molecule has 3 rings (SSSR count). The third kappa shape index (κ3) is 4.76. The summed E-state index contributed by atoms with van der Waals surface area (Å²) in [6.07, 6.45) is 1.96. The van der Waals surface area contributed by atoms with Gasteiger partial charge in [0, 0.05) is 24.1 Å². The molecule has 0 fully saturated rings. The zero-order chi connectivity index (χ0) is 18.7. The zero-order valence-electron chi connectivity index (χ0n) is 15.0. The number of aliphatic hydroxyl groups excluding tert-OH is 1. The largest absolute Gasteiger partial charge is 0.395 e. The summed E-state index contributed by atoms with van der Waals surface area (Å²) in [6, 6.07) is 11.8. The van der Waals surface area contributed by atoms with Crippen LogP contribution >= 0.6 is 35.6 Å². The molecule has 27 heavy (non-hydrogen) atoms. The minimum atomic E-state index is -0.179. The number of amides is 1. The predicted molar refractivity (Wildman–Crippen MR) is 112 cm³/mol. The molecule has 0 aliphatic heterocycles. The van der Waals surface area contributed by atoms with E-state index in [1.807, 2.05) is 43.4 Å². The number of hydrogen-bond acceptors (Lipinski definition) is 3. The molecular formula is C20H23Cl3N2O2. The fourth-order valence-corrected chi connectivity index (χ4v) is 3.93. The van der Waals surface area contributed by atoms with Crippen LogP contribution < -0.4 is 10.6 Å². The summed E-state index contributed by atoms with van der Waals surface area (Å²) in [7, 11) is 1.95. The van der Waals surface area contributed by atoms with Crippen molar-refractivity contribution in [2.75, 3.05) is 20.2 Å². The molecule has 146 valence electrons. The van der Waals surface area contributed by atoms with Crippen molar-refractivity contribution in [2.24, 2.45) is 0 Å². The van der Waals surface area contributed by atoms with Gasteiger partial charge in [-0.1, -0.05) is 35.3 Å². The van der Waals surface area contributed by atoms with E-state index in [1.165, 1.54) is 5.56 Å². The molecule has 0 unspecified atom stereocenters. The summed E-state index contributed by atoms with van der Waals surface area (Å²) >= 11 is 12.3. The number of halogens is 3. The highest BCUT2D eigenvalue weighted by Crippen LogP contribution is 2.42. The zero-order valence-corrected chi connectivity index (χ0v) is 17.3. The molecule has 2 aromatic rings. The number of aliphatic hydroxyl groups is 1. The Morgan fingerprint density at radius 3 is 2.56 bits per heavy atom. The van der Waals surface area contributed by atoms with Crippen molar-refractivity contribution in [3.8, 4) is 0 Å². The monoisotopic (exact) mass is 428 g/mol. The number of rotatable bonds is 5. The minimum absolute atomic E-state index is 0. The maximum absolute atomic E-state index is 12.3. The standard InChI is InChI=1S/C20H22Cl2N2O2.ClH/c1-23-19-7-5-14(12-3-6-17(21)18(22)11-12)16-10-13(2-4-15(16)19)20(26)24-8-9-25;/h2-4,6,10-11,14,19,23,25H,5,7-9H2,1H3,(H,24,26);1H/t14-,19-;/m0./s1. The second-order valence-corrected chi connectivity index (χ2v) is 7.28. The molecule has 0 saturated carbocycles. The van der Waals surface area contributed by atoms with Gasteiger partial charge in [-0.2, -0.15) is 0 Å². The number of carbonyl (C=O) groups excluding carboxylic acids is 1. The second kappa shape index (κ2) is 9.76. The van der Waals surface area contributed by atoms with Crippen LogP contribution in [0.25, 0.3) is 0 Å². The van der Waals surface area contributed by atoms with E-state index in [0.29, 0.717) is 15.6 Å². The number of nitrogens with one attached hydrogen (secondary N) is 2. The maximum atomic E-state index is 12.3. The van der Waals surface area contributed by atoms with Gasteiger partial charge in [-0.3, -0.25) is 4.79 Å². The maximum Gasteiger partial charge on any atom is 0.251 e. The lowest BCUT2D eigenvalue weighted by Crippen LogP contribution is -2.28. The SMILES string of the molecule is CN[C@H]1CC[C@@H](c2ccc(Cl)c(Cl)c2)c2cc(C(=O)NCCO)ccc21.Cl. The third-order valence-corrected chi connectivity index (χ3v) is 5.67. The summed E-state index contributed by atoms with van der Waals surface area (Å²) in [5.41, 5.74) is 4.03. The van der Waals surface area contributed by atoms with Crippen molar-refractivity contribution >= 4 is 41.5 Å². The molecule has 4 nitrogen and oxygen atoms in total. The van der Waals surface area contributed by atoms with E-state index in [-0.39, 0.29) is 43.4 Å². The van der Waals surface area contributed by atoms with E-state index in [2.05, 4.69) is 10.6 Å². The Balaban J connectivity index is 0.00000261. The first-order chi connectivity index (χ1) is 12.5. The smallest absolute Gasteiger partial charge is 0.251 e. The van der Waals surface area contributed by atoms with Crippen molar-refractivity contribution in [1.82, 2.24) is 10.6 Å². The molecule has 0 aromatic heterocycles. The lowest BCUT2D eigenvalue weighted by molar-refractivity contribution is 0.0944. The average Bonchev–Trinajstić information content (AvgIpc) is 2.67. The van der Waals surface area contributed by atoms with Crippen LogP contribution in [0.15, 0.2) is 36.4 Å². The molecular weight excluding hydrogens is 407 g/mol. The average molecular weight is 430 g/mol. The van der Waals surface area contributed by atoms with Crippen LogP contribution in [0.1, 0.15) is 51.8 Å². The topological polar surface area (TPSA) is 61.4 Å². The summed E-state index contributed by atoms with van der Waals surface area (Å²) in [5.74, 6) is -0.0173. The van der Waals surface area contributed by atoms with Gasteiger partial charge < -0.3 is 15.7 Å². The van der Waals surface area contributed by atoms with Gasteiger partial charge in [0.15, 0.2) is 0 Å². The second-order valence-electron chi connectivity index (χ2n) is 6.47. The molecule has 1 aliphatic rings. The lowest BCUT2D eigenvalue weighted by Gasteiger charge is -2.32. The van der Waals surface area contributed by atoms with Gasteiger partial charge >= 0.3 is 0 Å². The number of fused-ring (bicyclic) bond motifs is 1. The van der Waals surface area contributed by atoms with Crippen LogP contribution in [0.5, 0.6) is 0 Å². The Morgan fingerprint density at radius 2 is 1.89 bits per heavy atom. The summed E-state index contributed by atoms with van der Waals surface area (Å²) < 4.78 is 0. The van der Waals surface area contributed by atoms with Crippen molar-refractivity contribution in [1.29, 1.82) is 0 Å². The lowest BCUT2D eigenvalue weighted by atomic mass is 9.76. The fraction of sp³-hybridized carbons (Fsp3) is 0.350. The van der Waals surface area contributed by atoms with Crippen LogP contribution in [-0.2, 0) is 0 Å². The third-order valence-electron chi connectivity index (χ3n) is 4.94. The molecule has 0 spiro atoms. The van der Waals surface area contributed by atoms with Gasteiger partial charge in [0.05, 0.1) is 16.7 Å². The van der Waals surface area contributed by atoms with E-state index >= 15 is 0 Å². The predicted octanol–water partition coefficient (Wildman–Crippen LogP) is 4.32. The van der Waals surface area contributed by atoms with Crippen LogP contribution in [0.2, 0.25) is 10.0 Å². The highest BCUT2D eigenvalue weighted by molar-refractivity contribution is 6.42. The fourth-order valence-electron chi connectivity index (χ4n) is 3.63. The van der Waals surface area contributed by atoms with Gasteiger partial charge in [-0.15, -0.1) is 12.4 Å². The Labute approximate surface area is 175 Å². The van der Waals surface area contributed by atoms with Gasteiger partial charge in [0.1, 0.15) is 0 Å². The molecule has 0 radical (unpaired) electrons. The molecule has 0 heterocycles. The van der Waals surface area contributed by atoms with Crippen LogP contribution in [0.3, 0.4) is 0 Å². The van der Waals surface area contributed by atoms with Gasteiger partial charge in [-0.25, -0.2) is 0 Å². The van der Waals surface area contributed by atoms with E-state index in [4.69, 9.17) is 28.3 Å². The Kier molecular flexibility index (Phi) is 7.95. The van der Waals surface area contributed by atoms with Crippen molar-refractivity contribution in [2.45, 2.75) is 24.8 Å². The van der Waals surface area contributed by atoms with E-state index in [1.54, 1.807) is 0 Å². The first kappa shape index (κ1) is 22.0. The first-order valence-electron chi connectivity index (χ1n) is 8.70. The summed E-state index contributed by atoms with van der Waals surface area (Å²) in [4.78, 5) is 12.3. The summed E-state index contributed by atoms with van der Waals surface area (Å²) in [6.45, 7) is 0.162. The molecule has 3 N–H and O–H groups in total. The molecule has 1 amide bonds. The van der Waals surface area contributed by atoms with Crippen LogP contribution in [-0.4, -0.2) is 31.2 Å². The molecule has 0 bridgehead atoms. The molecule has 0 saturated heterocycles. The van der Waals surface area contributed by atoms with Gasteiger partial charge in [0.2, 0.25) is 0 Å². The number of hydrogen-bond donors (Lipinski definition) is 3. The van der Waals surface area contributed by atoms with Gasteiger partial charge in [0.25, 0.3) is 5.91 Å². The number of benzene rings is 2. The quantitative estimate of drug-likeness (QED) is 0.663. The highest BCUT2D eigenvalue weighted by Gasteiger charge is 2.28.